The van der Waals surface area contributed by atoms with E-state index in [4.69, 9.17) is 35.7 Å². The summed E-state index contributed by atoms with van der Waals surface area (Å²) in [5.41, 5.74) is 0.0935. The van der Waals surface area contributed by atoms with Gasteiger partial charge in [0.15, 0.2) is 5.79 Å². The number of halogens is 1. The van der Waals surface area contributed by atoms with Gasteiger partial charge in [-0.1, -0.05) is 31.5 Å². The van der Waals surface area contributed by atoms with E-state index in [0.717, 1.165) is 57.9 Å². The molecular weight excluding hydrogens is 434 g/mol. The van der Waals surface area contributed by atoms with Crippen molar-refractivity contribution in [2.75, 3.05) is 32.8 Å². The topological polar surface area (TPSA) is 88.5 Å². The molecule has 32 heavy (non-hydrogen) atoms. The molecule has 0 radical (unpaired) electrons. The first-order chi connectivity index (χ1) is 15.1. The summed E-state index contributed by atoms with van der Waals surface area (Å²) in [7, 11) is 0. The standard InChI is InChI=1S/C23H34ClNO4.CH2O2/c1-22(2)14-27-23(3,28-15-22)7-8-25-12-16-9-20(26)21(10-17(16)13-25)29-19-6-4-5-18(24)11-19;2-1-3/h4-6,11,16-17,20-21,26H,7-10,12-15H2,1-3H3;1H,(H,2,3)/t16-,17+,20+,21+;/m0./s1. The molecule has 4 rings (SSSR count). The van der Waals surface area contributed by atoms with Crippen LogP contribution in [0.25, 0.3) is 0 Å². The number of benzene rings is 1. The molecule has 1 aromatic rings. The van der Waals surface area contributed by atoms with Crippen molar-refractivity contribution in [1.82, 2.24) is 4.90 Å². The van der Waals surface area contributed by atoms with Gasteiger partial charge < -0.3 is 29.3 Å². The summed E-state index contributed by atoms with van der Waals surface area (Å²) < 4.78 is 18.2. The zero-order valence-corrected chi connectivity index (χ0v) is 20.0. The molecule has 0 amide bonds. The van der Waals surface area contributed by atoms with E-state index in [2.05, 4.69) is 25.7 Å². The van der Waals surface area contributed by atoms with Gasteiger partial charge in [-0.2, -0.15) is 0 Å². The number of rotatable bonds is 5. The summed E-state index contributed by atoms with van der Waals surface area (Å²) >= 11 is 6.06. The highest BCUT2D eigenvalue weighted by Crippen LogP contribution is 2.39. The minimum Gasteiger partial charge on any atom is -0.488 e. The molecule has 7 nitrogen and oxygen atoms in total. The Bertz CT molecular complexity index is 750. The fourth-order valence-electron chi connectivity index (χ4n) is 4.80. The molecule has 2 aliphatic heterocycles. The molecule has 0 spiro atoms. The van der Waals surface area contributed by atoms with Gasteiger partial charge in [0, 0.05) is 36.5 Å². The van der Waals surface area contributed by atoms with Crippen molar-refractivity contribution in [2.45, 2.75) is 58.0 Å². The Kier molecular flexibility index (Phi) is 8.44. The smallest absolute Gasteiger partial charge is 0.290 e. The van der Waals surface area contributed by atoms with E-state index >= 15 is 0 Å². The van der Waals surface area contributed by atoms with Gasteiger partial charge in [0.05, 0.1) is 19.3 Å². The molecule has 1 aromatic carbocycles. The van der Waals surface area contributed by atoms with Crippen LogP contribution in [0.15, 0.2) is 24.3 Å². The summed E-state index contributed by atoms with van der Waals surface area (Å²) in [5.74, 6) is 1.34. The number of aliphatic hydroxyl groups excluding tert-OH is 1. The van der Waals surface area contributed by atoms with Crippen LogP contribution in [0.5, 0.6) is 5.75 Å². The van der Waals surface area contributed by atoms with Crippen molar-refractivity contribution in [1.29, 1.82) is 0 Å². The van der Waals surface area contributed by atoms with Crippen molar-refractivity contribution in [3.05, 3.63) is 29.3 Å². The highest BCUT2D eigenvalue weighted by molar-refractivity contribution is 6.30. The van der Waals surface area contributed by atoms with E-state index in [-0.39, 0.29) is 18.0 Å². The first-order valence-electron chi connectivity index (χ1n) is 11.3. The first-order valence-corrected chi connectivity index (χ1v) is 11.7. The van der Waals surface area contributed by atoms with Crippen molar-refractivity contribution >= 4 is 18.1 Å². The Hall–Kier alpha value is -1.38. The van der Waals surface area contributed by atoms with E-state index in [1.807, 2.05) is 24.3 Å². The van der Waals surface area contributed by atoms with Crippen molar-refractivity contribution in [2.24, 2.45) is 17.3 Å². The number of hydrogen-bond acceptors (Lipinski definition) is 6. The highest BCUT2D eigenvalue weighted by atomic mass is 35.5. The number of fused-ring (bicyclic) bond motifs is 1. The predicted molar refractivity (Wildman–Crippen MR) is 122 cm³/mol. The van der Waals surface area contributed by atoms with E-state index in [1.165, 1.54) is 0 Å². The molecule has 3 fully saturated rings. The van der Waals surface area contributed by atoms with Crippen LogP contribution in [0.4, 0.5) is 0 Å². The molecule has 4 atom stereocenters. The molecule has 0 bridgehead atoms. The lowest BCUT2D eigenvalue weighted by atomic mass is 9.78. The quantitative estimate of drug-likeness (QED) is 0.636. The molecule has 0 unspecified atom stereocenters. The van der Waals surface area contributed by atoms with Gasteiger partial charge in [-0.15, -0.1) is 0 Å². The van der Waals surface area contributed by atoms with Crippen molar-refractivity contribution in [3.63, 3.8) is 0 Å². The minimum absolute atomic E-state index is 0.0935. The molecule has 3 aliphatic rings. The predicted octanol–water partition coefficient (Wildman–Crippen LogP) is 3.67. The van der Waals surface area contributed by atoms with Crippen LogP contribution in [-0.4, -0.2) is 72.4 Å². The summed E-state index contributed by atoms with van der Waals surface area (Å²) in [4.78, 5) is 10.9. The van der Waals surface area contributed by atoms with Gasteiger partial charge in [-0.3, -0.25) is 4.79 Å². The van der Waals surface area contributed by atoms with E-state index in [1.54, 1.807) is 0 Å². The zero-order valence-electron chi connectivity index (χ0n) is 19.2. The average Bonchev–Trinajstić information content (AvgIpc) is 3.12. The summed E-state index contributed by atoms with van der Waals surface area (Å²) in [6.45, 7) is 10.7. The monoisotopic (exact) mass is 469 g/mol. The van der Waals surface area contributed by atoms with E-state index in [9.17, 15) is 5.11 Å². The molecule has 1 saturated carbocycles. The Morgan fingerprint density at radius 2 is 1.81 bits per heavy atom. The lowest BCUT2D eigenvalue weighted by Crippen LogP contribution is -2.47. The number of likely N-dealkylation sites (tertiary alicyclic amines) is 1. The number of aliphatic hydroxyl groups is 1. The second-order valence-corrected chi connectivity index (χ2v) is 10.6. The maximum atomic E-state index is 10.6. The molecule has 8 heteroatoms. The molecular formula is C24H36ClNO6. The molecule has 2 saturated heterocycles. The third kappa shape index (κ3) is 6.81. The lowest BCUT2D eigenvalue weighted by Gasteiger charge is -2.42. The summed E-state index contributed by atoms with van der Waals surface area (Å²) in [5, 5.41) is 18.2. The number of carbonyl (C=O) groups is 1. The van der Waals surface area contributed by atoms with Crippen LogP contribution in [-0.2, 0) is 14.3 Å². The maximum absolute atomic E-state index is 10.6. The van der Waals surface area contributed by atoms with Gasteiger partial charge in [0.2, 0.25) is 0 Å². The third-order valence-corrected chi connectivity index (χ3v) is 6.90. The second-order valence-electron chi connectivity index (χ2n) is 10.2. The fraction of sp³-hybridized carbons (Fsp3) is 0.708. The van der Waals surface area contributed by atoms with E-state index < -0.39 is 11.9 Å². The number of nitrogens with zero attached hydrogens (tertiary/aromatic N) is 1. The van der Waals surface area contributed by atoms with Gasteiger partial charge in [-0.25, -0.2) is 0 Å². The average molecular weight is 470 g/mol. The number of ether oxygens (including phenoxy) is 3. The molecule has 180 valence electrons. The van der Waals surface area contributed by atoms with Crippen LogP contribution >= 0.6 is 11.6 Å². The normalized spacial score (nSPS) is 31.2. The van der Waals surface area contributed by atoms with Crippen LogP contribution in [0.1, 0.15) is 40.0 Å². The first kappa shape index (κ1) is 25.2. The van der Waals surface area contributed by atoms with Gasteiger partial charge >= 0.3 is 0 Å². The van der Waals surface area contributed by atoms with Crippen molar-refractivity contribution < 1.29 is 29.2 Å². The van der Waals surface area contributed by atoms with Crippen LogP contribution in [0, 0.1) is 17.3 Å². The molecule has 1 aliphatic carbocycles. The van der Waals surface area contributed by atoms with Crippen LogP contribution < -0.4 is 4.74 Å². The second kappa shape index (κ2) is 10.7. The highest BCUT2D eigenvalue weighted by Gasteiger charge is 2.43. The Balaban J connectivity index is 0.000000913. The van der Waals surface area contributed by atoms with Crippen molar-refractivity contribution in [3.8, 4) is 5.75 Å². The Morgan fingerprint density at radius 1 is 1.19 bits per heavy atom. The molecule has 0 aromatic heterocycles. The number of carboxylic acid groups (broad SMARTS) is 1. The van der Waals surface area contributed by atoms with Crippen LogP contribution in [0.2, 0.25) is 5.02 Å². The fourth-order valence-corrected chi connectivity index (χ4v) is 4.98. The lowest BCUT2D eigenvalue weighted by molar-refractivity contribution is -0.292. The van der Waals surface area contributed by atoms with E-state index in [0.29, 0.717) is 16.9 Å². The largest absolute Gasteiger partial charge is 0.488 e. The maximum Gasteiger partial charge on any atom is 0.290 e. The molecule has 2 heterocycles. The van der Waals surface area contributed by atoms with Gasteiger partial charge in [-0.05, 0) is 49.8 Å². The SMILES string of the molecule is CC1(C)COC(C)(CCN2C[C@H]3C[C@@H](Oc4cccc(Cl)c4)[C@H](O)C[C@H]3C2)OC1.O=CO. The van der Waals surface area contributed by atoms with Gasteiger partial charge in [0.25, 0.3) is 6.47 Å². The van der Waals surface area contributed by atoms with Gasteiger partial charge in [0.1, 0.15) is 11.9 Å². The minimum atomic E-state index is -0.485. The van der Waals surface area contributed by atoms with Crippen LogP contribution in [0.3, 0.4) is 0 Å². The Labute approximate surface area is 195 Å². The number of hydrogen-bond donors (Lipinski definition) is 2. The summed E-state index contributed by atoms with van der Waals surface area (Å²) in [6, 6.07) is 7.42. The third-order valence-electron chi connectivity index (χ3n) is 6.66. The zero-order chi connectivity index (χ0) is 23.4. The summed E-state index contributed by atoms with van der Waals surface area (Å²) in [6.07, 6.45) is 1.95. The molecule has 2 N–H and O–H groups in total. The Morgan fingerprint density at radius 3 is 2.44 bits per heavy atom.